The molecule has 0 aliphatic heterocycles. The Hall–Kier alpha value is -1.20. The third-order valence-electron chi connectivity index (χ3n) is 14.1. The monoisotopic (exact) mass is 555 g/mol. The molecule has 0 aromatic heterocycles. The maximum absolute atomic E-state index is 14.5. The van der Waals surface area contributed by atoms with Crippen LogP contribution in [0.4, 0.5) is 0 Å². The Kier molecular flexibility index (Phi) is 7.51. The van der Waals surface area contributed by atoms with Crippen molar-refractivity contribution in [2.75, 3.05) is 13.2 Å². The molecule has 0 radical (unpaired) electrons. The van der Waals surface area contributed by atoms with Gasteiger partial charge in [0.05, 0.1) is 11.5 Å². The lowest BCUT2D eigenvalue weighted by Gasteiger charge is -2.70. The van der Waals surface area contributed by atoms with Crippen molar-refractivity contribution in [3.05, 3.63) is 11.1 Å². The Balaban J connectivity index is 1.49. The Morgan fingerprint density at radius 1 is 0.875 bits per heavy atom. The fourth-order valence-corrected chi connectivity index (χ4v) is 11.1. The van der Waals surface area contributed by atoms with Gasteiger partial charge in [0, 0.05) is 25.5 Å². The summed E-state index contributed by atoms with van der Waals surface area (Å²) in [5.74, 6) is 0.964. The second-order valence-corrected chi connectivity index (χ2v) is 16.6. The van der Waals surface area contributed by atoms with Crippen LogP contribution in [0.1, 0.15) is 132 Å². The predicted octanol–water partition coefficient (Wildman–Crippen LogP) is 6.75. The van der Waals surface area contributed by atoms with E-state index in [0.717, 1.165) is 77.0 Å². The van der Waals surface area contributed by atoms with Crippen molar-refractivity contribution in [2.24, 2.45) is 44.3 Å². The third kappa shape index (κ3) is 4.21. The van der Waals surface area contributed by atoms with Crippen LogP contribution in [0.25, 0.3) is 0 Å². The maximum Gasteiger partial charge on any atom is 0.226 e. The first-order chi connectivity index (χ1) is 18.6. The van der Waals surface area contributed by atoms with Crippen molar-refractivity contribution in [1.29, 1.82) is 0 Å². The summed E-state index contributed by atoms with van der Waals surface area (Å²) in [7, 11) is 0. The van der Waals surface area contributed by atoms with Crippen molar-refractivity contribution < 1.29 is 19.8 Å². The molecule has 40 heavy (non-hydrogen) atoms. The van der Waals surface area contributed by atoms with Crippen LogP contribution >= 0.6 is 0 Å². The number of allylic oxidation sites excluding steroid dienone is 2. The topological polar surface area (TPSA) is 86.6 Å². The number of Topliss-reactive ketones (excluding diaryl/α,β-unsaturated/α-hetero) is 1. The zero-order valence-electron chi connectivity index (χ0n) is 26.5. The molecule has 5 rings (SSSR count). The summed E-state index contributed by atoms with van der Waals surface area (Å²) in [5, 5.41) is 23.2. The molecule has 1 amide bonds. The second-order valence-electron chi connectivity index (χ2n) is 16.6. The molecule has 0 spiro atoms. The summed E-state index contributed by atoms with van der Waals surface area (Å²) in [6.07, 6.45) is 11.6. The molecule has 0 heterocycles. The number of carbonyl (C=O) groups is 2. The molecule has 5 aliphatic carbocycles. The summed E-state index contributed by atoms with van der Waals surface area (Å²) in [6, 6.07) is 0. The normalized spacial score (nSPS) is 46.1. The zero-order chi connectivity index (χ0) is 29.4. The number of hydrogen-bond donors (Lipinski definition) is 3. The second kappa shape index (κ2) is 9.93. The van der Waals surface area contributed by atoms with Gasteiger partial charge in [0.1, 0.15) is 5.78 Å². The van der Waals surface area contributed by atoms with E-state index in [0.29, 0.717) is 24.7 Å². The van der Waals surface area contributed by atoms with Crippen molar-refractivity contribution in [3.8, 4) is 0 Å². The standard InChI is InChI=1S/C35H57NO4/c1-30(2)26-11-14-35(7)28(33(26,5)13-12-27(30)39)25(38)21-23-24-22-32(4,29(40)36-19-9-8-10-20-37)16-15-31(24,3)17-18-34(23,35)6/h26-28,37,39H,8-22H2,1-7H3,(H,36,40)/t26?,27-,28+,31+,32-,33-,34+,35+/m0/s1. The van der Waals surface area contributed by atoms with E-state index >= 15 is 0 Å². The van der Waals surface area contributed by atoms with E-state index in [4.69, 9.17) is 5.11 Å². The average molecular weight is 556 g/mol. The molecule has 3 N–H and O–H groups in total. The number of aliphatic hydroxyl groups is 2. The van der Waals surface area contributed by atoms with Crippen LogP contribution in [0.15, 0.2) is 11.1 Å². The van der Waals surface area contributed by atoms with Crippen LogP contribution in [0.3, 0.4) is 0 Å². The van der Waals surface area contributed by atoms with Gasteiger partial charge in [-0.15, -0.1) is 0 Å². The summed E-state index contributed by atoms with van der Waals surface area (Å²) in [6.45, 7) is 17.2. The van der Waals surface area contributed by atoms with E-state index in [2.05, 4.69) is 53.8 Å². The molecule has 226 valence electrons. The fraction of sp³-hybridized carbons (Fsp3) is 0.886. The van der Waals surface area contributed by atoms with Gasteiger partial charge in [-0.25, -0.2) is 0 Å². The van der Waals surface area contributed by atoms with Gasteiger partial charge in [0.2, 0.25) is 5.91 Å². The van der Waals surface area contributed by atoms with Crippen molar-refractivity contribution in [1.82, 2.24) is 5.32 Å². The maximum atomic E-state index is 14.5. The minimum atomic E-state index is -0.439. The molecule has 0 aromatic rings. The number of unbranched alkanes of at least 4 members (excludes halogenated alkanes) is 2. The van der Waals surface area contributed by atoms with Crippen molar-refractivity contribution >= 4 is 11.7 Å². The van der Waals surface area contributed by atoms with Crippen LogP contribution in [-0.2, 0) is 9.59 Å². The molecule has 0 aromatic carbocycles. The van der Waals surface area contributed by atoms with E-state index in [9.17, 15) is 14.7 Å². The first-order valence-electron chi connectivity index (χ1n) is 16.4. The number of carbonyl (C=O) groups excluding carboxylic acids is 2. The highest BCUT2D eigenvalue weighted by Gasteiger charge is 2.69. The number of ketones is 1. The third-order valence-corrected chi connectivity index (χ3v) is 14.1. The van der Waals surface area contributed by atoms with Crippen LogP contribution < -0.4 is 5.32 Å². The number of fused-ring (bicyclic) bond motifs is 6. The average Bonchev–Trinajstić information content (AvgIpc) is 2.88. The van der Waals surface area contributed by atoms with Crippen LogP contribution in [0.5, 0.6) is 0 Å². The number of rotatable bonds is 6. The first kappa shape index (κ1) is 30.3. The quantitative estimate of drug-likeness (QED) is 0.250. The molecule has 5 nitrogen and oxygen atoms in total. The van der Waals surface area contributed by atoms with Gasteiger partial charge in [0.25, 0.3) is 0 Å². The number of aliphatic hydroxyl groups excluding tert-OH is 2. The summed E-state index contributed by atoms with van der Waals surface area (Å²) in [5.41, 5.74) is 2.09. The summed E-state index contributed by atoms with van der Waals surface area (Å²) < 4.78 is 0. The Labute approximate surface area is 243 Å². The number of nitrogens with one attached hydrogen (secondary N) is 1. The minimum absolute atomic E-state index is 0.0291. The van der Waals surface area contributed by atoms with E-state index in [1.54, 1.807) is 0 Å². The molecule has 0 bridgehead atoms. The van der Waals surface area contributed by atoms with Crippen LogP contribution in [0.2, 0.25) is 0 Å². The molecular formula is C35H57NO4. The van der Waals surface area contributed by atoms with E-state index in [1.807, 2.05) is 0 Å². The number of hydrogen-bond acceptors (Lipinski definition) is 4. The SMILES string of the molecule is CC1(C)C2CC[C@]3(C)[C@H](C(=O)CC4=C5C[C@@](C)(C(=O)NCCCCCO)CC[C@]5(C)CC[C@]43C)[C@@]2(C)CC[C@@H]1O. The van der Waals surface area contributed by atoms with E-state index in [1.165, 1.54) is 11.1 Å². The molecule has 0 saturated heterocycles. The Morgan fingerprint density at radius 3 is 2.27 bits per heavy atom. The largest absolute Gasteiger partial charge is 0.396 e. The Bertz CT molecular complexity index is 1080. The highest BCUT2D eigenvalue weighted by atomic mass is 16.3. The van der Waals surface area contributed by atoms with Crippen LogP contribution in [-0.4, -0.2) is 41.2 Å². The molecule has 1 unspecified atom stereocenters. The Morgan fingerprint density at radius 2 is 1.57 bits per heavy atom. The zero-order valence-corrected chi connectivity index (χ0v) is 26.5. The van der Waals surface area contributed by atoms with Crippen LogP contribution in [0, 0.1) is 44.3 Å². The molecule has 5 aliphatic rings. The lowest BCUT2D eigenvalue weighted by molar-refractivity contribution is -0.203. The highest BCUT2D eigenvalue weighted by Crippen LogP contribution is 2.74. The molecule has 8 atom stereocenters. The lowest BCUT2D eigenvalue weighted by atomic mass is 9.34. The lowest BCUT2D eigenvalue weighted by Crippen LogP contribution is -2.66. The van der Waals surface area contributed by atoms with Gasteiger partial charge in [-0.2, -0.15) is 0 Å². The van der Waals surface area contributed by atoms with Gasteiger partial charge in [-0.05, 0) is 110 Å². The van der Waals surface area contributed by atoms with Gasteiger partial charge >= 0.3 is 0 Å². The van der Waals surface area contributed by atoms with Gasteiger partial charge in [-0.3, -0.25) is 9.59 Å². The molecule has 4 saturated carbocycles. The van der Waals surface area contributed by atoms with E-state index < -0.39 is 5.41 Å². The summed E-state index contributed by atoms with van der Waals surface area (Å²) in [4.78, 5) is 28.0. The fourth-order valence-electron chi connectivity index (χ4n) is 11.1. The van der Waals surface area contributed by atoms with Gasteiger partial charge < -0.3 is 15.5 Å². The number of amides is 1. The minimum Gasteiger partial charge on any atom is -0.396 e. The van der Waals surface area contributed by atoms with E-state index in [-0.39, 0.29) is 51.6 Å². The highest BCUT2D eigenvalue weighted by molar-refractivity contribution is 5.88. The van der Waals surface area contributed by atoms with Crippen molar-refractivity contribution in [3.63, 3.8) is 0 Å². The molecule has 5 heteroatoms. The van der Waals surface area contributed by atoms with Crippen molar-refractivity contribution in [2.45, 2.75) is 138 Å². The molecular weight excluding hydrogens is 498 g/mol. The first-order valence-corrected chi connectivity index (χ1v) is 16.4. The smallest absolute Gasteiger partial charge is 0.226 e. The van der Waals surface area contributed by atoms with Gasteiger partial charge in [-0.1, -0.05) is 59.6 Å². The molecule has 4 fully saturated rings. The summed E-state index contributed by atoms with van der Waals surface area (Å²) >= 11 is 0. The predicted molar refractivity (Wildman–Crippen MR) is 159 cm³/mol. The van der Waals surface area contributed by atoms with Gasteiger partial charge in [0.15, 0.2) is 0 Å².